The van der Waals surface area contributed by atoms with E-state index in [9.17, 15) is 18.0 Å². The van der Waals surface area contributed by atoms with E-state index in [0.29, 0.717) is 18.8 Å². The van der Waals surface area contributed by atoms with Crippen molar-refractivity contribution in [2.24, 2.45) is 0 Å². The van der Waals surface area contributed by atoms with Crippen LogP contribution in [0.3, 0.4) is 0 Å². The molecule has 0 bridgehead atoms. The zero-order valence-corrected chi connectivity index (χ0v) is 18.9. The minimum Gasteiger partial charge on any atom is -0.339 e. The summed E-state index contributed by atoms with van der Waals surface area (Å²) in [5, 5.41) is 3.92. The van der Waals surface area contributed by atoms with Crippen molar-refractivity contribution in [3.63, 3.8) is 0 Å². The van der Waals surface area contributed by atoms with E-state index in [1.165, 1.54) is 28.4 Å². The topological polar surface area (TPSA) is 86.8 Å². The second-order valence-corrected chi connectivity index (χ2v) is 9.90. The van der Waals surface area contributed by atoms with E-state index in [0.717, 1.165) is 10.5 Å². The van der Waals surface area contributed by atoms with Crippen molar-refractivity contribution in [3.05, 3.63) is 65.6 Å². The number of piperazine rings is 1. The quantitative estimate of drug-likeness (QED) is 0.644. The first-order valence-electron chi connectivity index (χ1n) is 9.85. The maximum atomic E-state index is 12.5. The number of benzene rings is 2. The number of rotatable bonds is 7. The first-order chi connectivity index (χ1) is 14.8. The number of hydrogen-bond donors (Lipinski definition) is 1. The summed E-state index contributed by atoms with van der Waals surface area (Å²) in [5.74, 6) is 0.125. The van der Waals surface area contributed by atoms with Crippen molar-refractivity contribution in [1.82, 2.24) is 9.21 Å². The standard InChI is InChI=1S/C22H25N3O4S2/c1-18(26)23-20-7-9-21(10-8-20)30-17-22(27)24-12-14-25(15-13-24)31(28,29)16-11-19-5-3-2-4-6-19/h2-11,16H,12-15,17H2,1H3,(H,23,26)/b16-11+. The molecule has 31 heavy (non-hydrogen) atoms. The molecule has 1 saturated heterocycles. The van der Waals surface area contributed by atoms with E-state index in [2.05, 4.69) is 5.32 Å². The number of nitrogens with zero attached hydrogens (tertiary/aromatic N) is 2. The fourth-order valence-corrected chi connectivity index (χ4v) is 5.06. The minimum atomic E-state index is -3.52. The maximum Gasteiger partial charge on any atom is 0.236 e. The van der Waals surface area contributed by atoms with Crippen LogP contribution in [0, 0.1) is 0 Å². The molecule has 0 atom stereocenters. The van der Waals surface area contributed by atoms with Crippen LogP contribution < -0.4 is 5.32 Å². The van der Waals surface area contributed by atoms with Gasteiger partial charge in [0.15, 0.2) is 0 Å². The Morgan fingerprint density at radius 3 is 2.26 bits per heavy atom. The molecule has 1 heterocycles. The molecule has 1 N–H and O–H groups in total. The normalized spacial score (nSPS) is 15.2. The third kappa shape index (κ3) is 6.95. The maximum absolute atomic E-state index is 12.5. The number of nitrogens with one attached hydrogen (secondary N) is 1. The molecular weight excluding hydrogens is 434 g/mol. The molecule has 0 saturated carbocycles. The van der Waals surface area contributed by atoms with Gasteiger partial charge in [0.2, 0.25) is 21.8 Å². The van der Waals surface area contributed by atoms with Crippen molar-refractivity contribution in [2.75, 3.05) is 37.2 Å². The highest BCUT2D eigenvalue weighted by atomic mass is 32.2. The van der Waals surface area contributed by atoms with Gasteiger partial charge in [-0.3, -0.25) is 9.59 Å². The van der Waals surface area contributed by atoms with Gasteiger partial charge in [0.25, 0.3) is 0 Å². The molecule has 2 amide bonds. The SMILES string of the molecule is CC(=O)Nc1ccc(SCC(=O)N2CCN(S(=O)(=O)/C=C/c3ccccc3)CC2)cc1. The summed E-state index contributed by atoms with van der Waals surface area (Å²) in [5.41, 5.74) is 1.53. The Labute approximate surface area is 187 Å². The van der Waals surface area contributed by atoms with Crippen molar-refractivity contribution >= 4 is 45.4 Å². The fraction of sp³-hybridized carbons (Fsp3) is 0.273. The predicted octanol–water partition coefficient (Wildman–Crippen LogP) is 2.88. The Bertz CT molecular complexity index is 1030. The smallest absolute Gasteiger partial charge is 0.236 e. The number of anilines is 1. The highest BCUT2D eigenvalue weighted by Crippen LogP contribution is 2.21. The lowest BCUT2D eigenvalue weighted by Gasteiger charge is -2.33. The number of carbonyl (C=O) groups excluding carboxylic acids is 2. The predicted molar refractivity (Wildman–Crippen MR) is 124 cm³/mol. The Hall–Kier alpha value is -2.62. The molecule has 0 radical (unpaired) electrons. The molecule has 2 aromatic rings. The van der Waals surface area contributed by atoms with Crippen LogP contribution in [0.15, 0.2) is 64.9 Å². The monoisotopic (exact) mass is 459 g/mol. The van der Waals surface area contributed by atoms with E-state index in [1.54, 1.807) is 23.1 Å². The van der Waals surface area contributed by atoms with Gasteiger partial charge in [-0.05, 0) is 35.9 Å². The van der Waals surface area contributed by atoms with Gasteiger partial charge >= 0.3 is 0 Å². The molecule has 7 nitrogen and oxygen atoms in total. The lowest BCUT2D eigenvalue weighted by atomic mass is 10.2. The van der Waals surface area contributed by atoms with Gasteiger partial charge in [-0.1, -0.05) is 30.3 Å². The zero-order valence-electron chi connectivity index (χ0n) is 17.2. The summed E-state index contributed by atoms with van der Waals surface area (Å²) in [4.78, 5) is 26.2. The van der Waals surface area contributed by atoms with Crippen LogP contribution in [0.1, 0.15) is 12.5 Å². The van der Waals surface area contributed by atoms with Crippen LogP contribution in [0.2, 0.25) is 0 Å². The van der Waals surface area contributed by atoms with Crippen molar-refractivity contribution < 1.29 is 18.0 Å². The molecule has 1 fully saturated rings. The van der Waals surface area contributed by atoms with Gasteiger partial charge in [-0.25, -0.2) is 8.42 Å². The average molecular weight is 460 g/mol. The largest absolute Gasteiger partial charge is 0.339 e. The molecule has 2 aromatic carbocycles. The molecule has 1 aliphatic heterocycles. The Morgan fingerprint density at radius 2 is 1.65 bits per heavy atom. The Morgan fingerprint density at radius 1 is 1.00 bits per heavy atom. The summed E-state index contributed by atoms with van der Waals surface area (Å²) in [7, 11) is -3.52. The van der Waals surface area contributed by atoms with Gasteiger partial charge in [0, 0.05) is 49.1 Å². The summed E-state index contributed by atoms with van der Waals surface area (Å²) in [6, 6.07) is 16.6. The molecular formula is C22H25N3O4S2. The fourth-order valence-electron chi connectivity index (χ4n) is 3.08. The van der Waals surface area contributed by atoms with Crippen LogP contribution in [0.5, 0.6) is 0 Å². The molecule has 164 valence electrons. The third-order valence-corrected chi connectivity index (χ3v) is 7.28. The minimum absolute atomic E-state index is 0.0205. The summed E-state index contributed by atoms with van der Waals surface area (Å²) in [6.07, 6.45) is 1.58. The Balaban J connectivity index is 1.47. The number of thioether (sulfide) groups is 1. The lowest BCUT2D eigenvalue weighted by molar-refractivity contribution is -0.129. The van der Waals surface area contributed by atoms with Gasteiger partial charge in [0.1, 0.15) is 0 Å². The molecule has 0 unspecified atom stereocenters. The first kappa shape index (κ1) is 23.1. The number of hydrogen-bond acceptors (Lipinski definition) is 5. The lowest BCUT2D eigenvalue weighted by Crippen LogP contribution is -2.50. The van der Waals surface area contributed by atoms with Gasteiger partial charge in [-0.15, -0.1) is 11.8 Å². The number of sulfonamides is 1. The van der Waals surface area contributed by atoms with Crippen molar-refractivity contribution in [1.29, 1.82) is 0 Å². The van der Waals surface area contributed by atoms with Crippen LogP contribution in [0.4, 0.5) is 5.69 Å². The second-order valence-electron chi connectivity index (χ2n) is 7.03. The number of amides is 2. The zero-order chi connectivity index (χ0) is 22.3. The van der Waals surface area contributed by atoms with Crippen LogP contribution >= 0.6 is 11.8 Å². The summed E-state index contributed by atoms with van der Waals surface area (Å²) < 4.78 is 26.5. The van der Waals surface area contributed by atoms with E-state index in [4.69, 9.17) is 0 Å². The van der Waals surface area contributed by atoms with Gasteiger partial charge in [-0.2, -0.15) is 4.31 Å². The van der Waals surface area contributed by atoms with Crippen LogP contribution in [-0.2, 0) is 19.6 Å². The third-order valence-electron chi connectivity index (χ3n) is 4.72. The highest BCUT2D eigenvalue weighted by Gasteiger charge is 2.27. The Kier molecular flexibility index (Phi) is 7.89. The van der Waals surface area contributed by atoms with Crippen LogP contribution in [-0.4, -0.2) is 61.4 Å². The van der Waals surface area contributed by atoms with Crippen LogP contribution in [0.25, 0.3) is 6.08 Å². The molecule has 9 heteroatoms. The molecule has 0 aliphatic carbocycles. The molecule has 0 aromatic heterocycles. The van der Waals surface area contributed by atoms with E-state index < -0.39 is 10.0 Å². The molecule has 0 spiro atoms. The number of carbonyl (C=O) groups is 2. The summed E-state index contributed by atoms with van der Waals surface area (Å²) in [6.45, 7) is 2.76. The first-order valence-corrected chi connectivity index (χ1v) is 12.3. The van der Waals surface area contributed by atoms with E-state index in [1.807, 2.05) is 42.5 Å². The van der Waals surface area contributed by atoms with E-state index in [-0.39, 0.29) is 30.7 Å². The van der Waals surface area contributed by atoms with Crippen molar-refractivity contribution in [2.45, 2.75) is 11.8 Å². The van der Waals surface area contributed by atoms with E-state index >= 15 is 0 Å². The summed E-state index contributed by atoms with van der Waals surface area (Å²) >= 11 is 1.41. The van der Waals surface area contributed by atoms with Gasteiger partial charge in [0.05, 0.1) is 5.75 Å². The van der Waals surface area contributed by atoms with Crippen molar-refractivity contribution in [3.8, 4) is 0 Å². The molecule has 1 aliphatic rings. The second kappa shape index (κ2) is 10.6. The average Bonchev–Trinajstić information content (AvgIpc) is 2.77. The highest BCUT2D eigenvalue weighted by molar-refractivity contribution is 8.00. The molecule has 3 rings (SSSR count). The van der Waals surface area contributed by atoms with Gasteiger partial charge < -0.3 is 10.2 Å².